The summed E-state index contributed by atoms with van der Waals surface area (Å²) >= 11 is 5.73. The van der Waals surface area contributed by atoms with Crippen molar-refractivity contribution in [3.63, 3.8) is 0 Å². The summed E-state index contributed by atoms with van der Waals surface area (Å²) in [7, 11) is 0. The van der Waals surface area contributed by atoms with E-state index in [0.29, 0.717) is 17.9 Å². The van der Waals surface area contributed by atoms with Gasteiger partial charge in [-0.15, -0.1) is 0 Å². The molecule has 0 spiro atoms. The van der Waals surface area contributed by atoms with Crippen molar-refractivity contribution >= 4 is 41.2 Å². The van der Waals surface area contributed by atoms with Gasteiger partial charge in [0.05, 0.1) is 11.8 Å². The maximum atomic E-state index is 12.3. The van der Waals surface area contributed by atoms with Crippen molar-refractivity contribution in [1.82, 2.24) is 15.8 Å². The number of nitrogens with one attached hydrogen (secondary N) is 2. The number of carbonyl (C=O) groups excluding carboxylic acids is 5. The Morgan fingerprint density at radius 3 is 2.17 bits per heavy atom. The Bertz CT molecular complexity index is 817. The van der Waals surface area contributed by atoms with Gasteiger partial charge < -0.3 is 4.74 Å². The van der Waals surface area contributed by atoms with Gasteiger partial charge >= 0.3 is 5.97 Å². The van der Waals surface area contributed by atoms with Gasteiger partial charge in [-0.1, -0.05) is 24.4 Å². The highest BCUT2D eigenvalue weighted by Crippen LogP contribution is 2.37. The third-order valence-corrected chi connectivity index (χ3v) is 5.26. The van der Waals surface area contributed by atoms with Crippen LogP contribution in [0.25, 0.3) is 0 Å². The third-order valence-electron chi connectivity index (χ3n) is 5.01. The van der Waals surface area contributed by atoms with Crippen LogP contribution in [0.15, 0.2) is 24.3 Å². The number of nitrogens with zero attached hydrogens (tertiary/aromatic N) is 1. The van der Waals surface area contributed by atoms with Crippen LogP contribution in [-0.2, 0) is 23.9 Å². The van der Waals surface area contributed by atoms with E-state index in [1.54, 1.807) is 0 Å². The lowest BCUT2D eigenvalue weighted by atomic mass is 9.81. The van der Waals surface area contributed by atoms with Crippen molar-refractivity contribution in [2.24, 2.45) is 11.8 Å². The molecule has 0 bridgehead atoms. The smallest absolute Gasteiger partial charge is 0.326 e. The normalized spacial score (nSPS) is 20.8. The van der Waals surface area contributed by atoms with E-state index in [0.717, 1.165) is 17.7 Å². The Hall–Kier alpha value is -2.94. The Labute approximate surface area is 171 Å². The average Bonchev–Trinajstić information content (AvgIpc) is 2.96. The number of fused-ring (bicyclic) bond motifs is 1. The fourth-order valence-electron chi connectivity index (χ4n) is 3.54. The van der Waals surface area contributed by atoms with Gasteiger partial charge in [-0.2, -0.15) is 0 Å². The highest BCUT2D eigenvalue weighted by Gasteiger charge is 2.48. The zero-order valence-corrected chi connectivity index (χ0v) is 16.2. The molecule has 1 heterocycles. The number of carbonyl (C=O) groups is 5. The van der Waals surface area contributed by atoms with E-state index in [4.69, 9.17) is 16.3 Å². The van der Waals surface area contributed by atoms with Gasteiger partial charge in [0, 0.05) is 10.6 Å². The van der Waals surface area contributed by atoms with Gasteiger partial charge in [0.15, 0.2) is 6.61 Å². The summed E-state index contributed by atoms with van der Waals surface area (Å²) < 4.78 is 4.80. The zero-order valence-electron chi connectivity index (χ0n) is 15.5. The maximum absolute atomic E-state index is 12.3. The topological polar surface area (TPSA) is 122 Å². The molecule has 1 aromatic rings. The highest BCUT2D eigenvalue weighted by atomic mass is 35.5. The molecule has 29 heavy (non-hydrogen) atoms. The second-order valence-corrected chi connectivity index (χ2v) is 7.37. The number of amides is 4. The van der Waals surface area contributed by atoms with Crippen molar-refractivity contribution < 1.29 is 28.7 Å². The Morgan fingerprint density at radius 2 is 1.59 bits per heavy atom. The molecule has 2 atom stereocenters. The standard InChI is InChI=1S/C19H20ClN3O6/c20-12-7-5-11(6-8-12)17(26)22-21-15(24)10-29-16(25)9-23-18(27)13-3-1-2-4-14(13)19(23)28/h5-8,13-14H,1-4,9-10H2,(H,21,24)(H,22,26)/t13-,14-/m0/s1. The molecule has 2 N–H and O–H groups in total. The van der Waals surface area contributed by atoms with Crippen molar-refractivity contribution in [2.45, 2.75) is 25.7 Å². The minimum Gasteiger partial charge on any atom is -0.454 e. The number of benzene rings is 1. The predicted octanol–water partition coefficient (Wildman–Crippen LogP) is 0.819. The number of hydrazine groups is 1. The molecule has 1 aliphatic heterocycles. The molecule has 3 rings (SSSR count). The predicted molar refractivity (Wildman–Crippen MR) is 100 cm³/mol. The molecule has 2 aliphatic rings. The van der Waals surface area contributed by atoms with E-state index in [1.165, 1.54) is 24.3 Å². The van der Waals surface area contributed by atoms with Gasteiger partial charge in [-0.3, -0.25) is 39.7 Å². The minimum atomic E-state index is -0.871. The fourth-order valence-corrected chi connectivity index (χ4v) is 3.67. The first kappa shape index (κ1) is 20.8. The first-order valence-electron chi connectivity index (χ1n) is 9.22. The molecule has 1 saturated heterocycles. The molecule has 9 nitrogen and oxygen atoms in total. The largest absolute Gasteiger partial charge is 0.454 e. The molecule has 1 saturated carbocycles. The van der Waals surface area contributed by atoms with Gasteiger partial charge in [0.2, 0.25) is 11.8 Å². The number of hydrogen-bond donors (Lipinski definition) is 2. The van der Waals surface area contributed by atoms with Crippen molar-refractivity contribution in [2.75, 3.05) is 13.2 Å². The summed E-state index contributed by atoms with van der Waals surface area (Å²) in [4.78, 5) is 61.1. The molecular formula is C19H20ClN3O6. The van der Waals surface area contributed by atoms with E-state index in [2.05, 4.69) is 10.9 Å². The number of rotatable bonds is 5. The SMILES string of the molecule is O=C(COC(=O)CN1C(=O)[C@H]2CCCC[C@@H]2C1=O)NNC(=O)c1ccc(Cl)cc1. The number of likely N-dealkylation sites (tertiary alicyclic amines) is 1. The molecule has 0 unspecified atom stereocenters. The van der Waals surface area contributed by atoms with Crippen LogP contribution in [0, 0.1) is 11.8 Å². The van der Waals surface area contributed by atoms with Gasteiger partial charge in [-0.25, -0.2) is 0 Å². The van der Waals surface area contributed by atoms with Crippen LogP contribution in [0.4, 0.5) is 0 Å². The molecule has 0 radical (unpaired) electrons. The van der Waals surface area contributed by atoms with Crippen LogP contribution >= 0.6 is 11.6 Å². The van der Waals surface area contributed by atoms with Crippen molar-refractivity contribution in [3.05, 3.63) is 34.9 Å². The summed E-state index contributed by atoms with van der Waals surface area (Å²) in [5.74, 6) is -3.62. The number of hydrogen-bond acceptors (Lipinski definition) is 6. The molecule has 2 fully saturated rings. The first-order valence-corrected chi connectivity index (χ1v) is 9.60. The minimum absolute atomic E-state index is 0.277. The fraction of sp³-hybridized carbons (Fsp3) is 0.421. The maximum Gasteiger partial charge on any atom is 0.326 e. The third kappa shape index (κ3) is 4.92. The molecule has 10 heteroatoms. The molecule has 1 aromatic carbocycles. The molecule has 4 amide bonds. The lowest BCUT2D eigenvalue weighted by Gasteiger charge is -2.19. The second kappa shape index (κ2) is 9.04. The summed E-state index contributed by atoms with van der Waals surface area (Å²) in [6.07, 6.45) is 3.08. The summed E-state index contributed by atoms with van der Waals surface area (Å²) in [5, 5.41) is 0.465. The Kier molecular flexibility index (Phi) is 6.48. The van der Waals surface area contributed by atoms with E-state index in [9.17, 15) is 24.0 Å². The molecular weight excluding hydrogens is 402 g/mol. The molecule has 154 valence electrons. The Balaban J connectivity index is 1.41. The van der Waals surface area contributed by atoms with Crippen LogP contribution < -0.4 is 10.9 Å². The van der Waals surface area contributed by atoms with E-state index in [1.807, 2.05) is 0 Å². The first-order chi connectivity index (χ1) is 13.9. The number of ether oxygens (including phenoxy) is 1. The molecule has 0 aromatic heterocycles. The van der Waals surface area contributed by atoms with E-state index >= 15 is 0 Å². The second-order valence-electron chi connectivity index (χ2n) is 6.93. The van der Waals surface area contributed by atoms with Crippen LogP contribution in [0.3, 0.4) is 0 Å². The quantitative estimate of drug-likeness (QED) is 0.412. The van der Waals surface area contributed by atoms with Crippen LogP contribution in [0.5, 0.6) is 0 Å². The summed E-state index contributed by atoms with van der Waals surface area (Å²) in [6, 6.07) is 6.01. The van der Waals surface area contributed by atoms with Gasteiger partial charge in [0.1, 0.15) is 6.54 Å². The highest BCUT2D eigenvalue weighted by molar-refractivity contribution is 6.30. The van der Waals surface area contributed by atoms with Crippen LogP contribution in [0.1, 0.15) is 36.0 Å². The Morgan fingerprint density at radius 1 is 1.00 bits per heavy atom. The zero-order chi connectivity index (χ0) is 21.0. The van der Waals surface area contributed by atoms with E-state index < -0.39 is 30.9 Å². The summed E-state index contributed by atoms with van der Waals surface area (Å²) in [5.41, 5.74) is 4.56. The monoisotopic (exact) mass is 421 g/mol. The number of esters is 1. The lowest BCUT2D eigenvalue weighted by molar-refractivity contribution is -0.155. The van der Waals surface area contributed by atoms with Crippen LogP contribution in [0.2, 0.25) is 5.02 Å². The number of halogens is 1. The van der Waals surface area contributed by atoms with E-state index in [-0.39, 0.29) is 29.2 Å². The lowest BCUT2D eigenvalue weighted by Crippen LogP contribution is -2.44. The summed E-state index contributed by atoms with van der Waals surface area (Å²) in [6.45, 7) is -1.18. The molecule has 1 aliphatic carbocycles. The van der Waals surface area contributed by atoms with Crippen LogP contribution in [-0.4, -0.2) is 47.6 Å². The van der Waals surface area contributed by atoms with Crippen molar-refractivity contribution in [1.29, 1.82) is 0 Å². The average molecular weight is 422 g/mol. The van der Waals surface area contributed by atoms with Gasteiger partial charge in [0.25, 0.3) is 11.8 Å². The van der Waals surface area contributed by atoms with Gasteiger partial charge in [-0.05, 0) is 37.1 Å². The van der Waals surface area contributed by atoms with Crippen molar-refractivity contribution in [3.8, 4) is 0 Å². The number of imide groups is 1.